The summed E-state index contributed by atoms with van der Waals surface area (Å²) in [4.78, 5) is 41.9. The molecule has 2 rings (SSSR count). The standard InChI is InChI=1S/C9H8N4O4/c10-7(15)5-1-11-8(12-2-5)9(16)13-3-6(14)17-4-13/h1-2H,3-4H2,(H2,10,15). The molecule has 0 spiro atoms. The molecule has 1 aliphatic heterocycles. The summed E-state index contributed by atoms with van der Waals surface area (Å²) in [6.45, 7) is -0.238. The van der Waals surface area contributed by atoms with E-state index in [1.165, 1.54) is 0 Å². The molecule has 0 aromatic carbocycles. The Labute approximate surface area is 95.4 Å². The molecule has 1 aliphatic rings. The lowest BCUT2D eigenvalue weighted by molar-refractivity contribution is -0.136. The van der Waals surface area contributed by atoms with Crippen molar-refractivity contribution in [3.8, 4) is 0 Å². The molecule has 0 saturated carbocycles. The van der Waals surface area contributed by atoms with Gasteiger partial charge in [0.2, 0.25) is 5.82 Å². The van der Waals surface area contributed by atoms with Crippen LogP contribution in [-0.2, 0) is 9.53 Å². The molecule has 0 bridgehead atoms. The van der Waals surface area contributed by atoms with Crippen molar-refractivity contribution in [2.24, 2.45) is 5.73 Å². The van der Waals surface area contributed by atoms with E-state index in [2.05, 4.69) is 14.7 Å². The van der Waals surface area contributed by atoms with Crippen molar-refractivity contribution in [1.29, 1.82) is 0 Å². The van der Waals surface area contributed by atoms with E-state index in [0.717, 1.165) is 17.3 Å². The highest BCUT2D eigenvalue weighted by atomic mass is 16.6. The molecular weight excluding hydrogens is 228 g/mol. The van der Waals surface area contributed by atoms with Gasteiger partial charge in [-0.15, -0.1) is 0 Å². The third kappa shape index (κ3) is 2.19. The normalized spacial score (nSPS) is 14.6. The van der Waals surface area contributed by atoms with Crippen molar-refractivity contribution in [1.82, 2.24) is 14.9 Å². The number of ether oxygens (including phenoxy) is 1. The maximum Gasteiger partial charge on any atom is 0.327 e. The van der Waals surface area contributed by atoms with E-state index in [9.17, 15) is 14.4 Å². The molecule has 88 valence electrons. The zero-order valence-corrected chi connectivity index (χ0v) is 8.62. The van der Waals surface area contributed by atoms with E-state index in [0.29, 0.717) is 0 Å². The van der Waals surface area contributed by atoms with Gasteiger partial charge in [-0.05, 0) is 0 Å². The van der Waals surface area contributed by atoms with E-state index in [4.69, 9.17) is 5.73 Å². The highest BCUT2D eigenvalue weighted by Crippen LogP contribution is 2.06. The number of esters is 1. The summed E-state index contributed by atoms with van der Waals surface area (Å²) < 4.78 is 4.61. The Balaban J connectivity index is 2.14. The van der Waals surface area contributed by atoms with Crippen LogP contribution in [-0.4, -0.2) is 45.9 Å². The summed E-state index contributed by atoms with van der Waals surface area (Å²) in [6, 6.07) is 0. The minimum Gasteiger partial charge on any atom is -0.443 e. The minimum absolute atomic E-state index is 0.107. The molecule has 2 heterocycles. The van der Waals surface area contributed by atoms with Crippen LogP contribution in [0.2, 0.25) is 0 Å². The van der Waals surface area contributed by atoms with Gasteiger partial charge in [0.1, 0.15) is 6.54 Å². The molecule has 0 unspecified atom stereocenters. The summed E-state index contributed by atoms with van der Waals surface area (Å²) in [6.07, 6.45) is 2.31. The average Bonchev–Trinajstić information content (AvgIpc) is 2.75. The smallest absolute Gasteiger partial charge is 0.327 e. The largest absolute Gasteiger partial charge is 0.443 e. The summed E-state index contributed by atoms with van der Waals surface area (Å²) >= 11 is 0. The molecule has 8 nitrogen and oxygen atoms in total. The Morgan fingerprint density at radius 1 is 1.35 bits per heavy atom. The van der Waals surface area contributed by atoms with Gasteiger partial charge in [0.15, 0.2) is 6.73 Å². The predicted octanol–water partition coefficient (Wildman–Crippen LogP) is -1.47. The third-order valence-electron chi connectivity index (χ3n) is 2.12. The van der Waals surface area contributed by atoms with Crippen molar-refractivity contribution in [2.75, 3.05) is 13.3 Å². The fourth-order valence-corrected chi connectivity index (χ4v) is 1.23. The second-order valence-electron chi connectivity index (χ2n) is 3.31. The molecular formula is C9H8N4O4. The minimum atomic E-state index is -0.677. The molecule has 0 aliphatic carbocycles. The highest BCUT2D eigenvalue weighted by molar-refractivity contribution is 5.95. The Bertz CT molecular complexity index is 484. The van der Waals surface area contributed by atoms with Crippen LogP contribution in [0.1, 0.15) is 21.0 Å². The number of aromatic nitrogens is 2. The number of hydrogen-bond acceptors (Lipinski definition) is 6. The predicted molar refractivity (Wildman–Crippen MR) is 52.5 cm³/mol. The number of rotatable bonds is 2. The zero-order valence-electron chi connectivity index (χ0n) is 8.62. The summed E-state index contributed by atoms with van der Waals surface area (Å²) in [7, 11) is 0. The van der Waals surface area contributed by atoms with Crippen LogP contribution in [0.3, 0.4) is 0 Å². The van der Waals surface area contributed by atoms with Gasteiger partial charge < -0.3 is 10.5 Å². The molecule has 0 radical (unpaired) electrons. The van der Waals surface area contributed by atoms with Crippen molar-refractivity contribution >= 4 is 17.8 Å². The number of amides is 2. The van der Waals surface area contributed by atoms with Crippen molar-refractivity contribution < 1.29 is 19.1 Å². The van der Waals surface area contributed by atoms with Crippen LogP contribution >= 0.6 is 0 Å². The Morgan fingerprint density at radius 3 is 2.47 bits per heavy atom. The highest BCUT2D eigenvalue weighted by Gasteiger charge is 2.27. The van der Waals surface area contributed by atoms with Gasteiger partial charge in [-0.3, -0.25) is 19.3 Å². The molecule has 1 fully saturated rings. The van der Waals surface area contributed by atoms with Crippen LogP contribution in [0.5, 0.6) is 0 Å². The molecule has 2 N–H and O–H groups in total. The van der Waals surface area contributed by atoms with E-state index < -0.39 is 17.8 Å². The first-order valence-corrected chi connectivity index (χ1v) is 4.64. The van der Waals surface area contributed by atoms with Crippen LogP contribution in [0.25, 0.3) is 0 Å². The van der Waals surface area contributed by atoms with Crippen molar-refractivity contribution in [2.45, 2.75) is 0 Å². The van der Waals surface area contributed by atoms with Gasteiger partial charge >= 0.3 is 5.97 Å². The van der Waals surface area contributed by atoms with Crippen molar-refractivity contribution in [3.05, 3.63) is 23.8 Å². The van der Waals surface area contributed by atoms with E-state index in [1.807, 2.05) is 0 Å². The lowest BCUT2D eigenvalue weighted by atomic mass is 10.3. The molecule has 1 aromatic heterocycles. The topological polar surface area (TPSA) is 115 Å². The fraction of sp³-hybridized carbons (Fsp3) is 0.222. The first-order chi connectivity index (χ1) is 8.08. The Morgan fingerprint density at radius 2 is 2.00 bits per heavy atom. The van der Waals surface area contributed by atoms with E-state index >= 15 is 0 Å². The van der Waals surface area contributed by atoms with E-state index in [-0.39, 0.29) is 24.7 Å². The summed E-state index contributed by atoms with van der Waals surface area (Å²) in [5.41, 5.74) is 5.11. The van der Waals surface area contributed by atoms with Crippen LogP contribution < -0.4 is 5.73 Å². The molecule has 2 amide bonds. The monoisotopic (exact) mass is 236 g/mol. The number of hydrogen-bond donors (Lipinski definition) is 1. The molecule has 0 atom stereocenters. The van der Waals surface area contributed by atoms with E-state index in [1.54, 1.807) is 0 Å². The zero-order chi connectivity index (χ0) is 12.4. The molecule has 1 aromatic rings. The van der Waals surface area contributed by atoms with Gasteiger partial charge in [-0.1, -0.05) is 0 Å². The average molecular weight is 236 g/mol. The number of nitrogens with two attached hydrogens (primary N) is 1. The maximum absolute atomic E-state index is 11.7. The van der Waals surface area contributed by atoms with Gasteiger partial charge in [-0.2, -0.15) is 0 Å². The number of cyclic esters (lactones) is 1. The number of carbonyl (C=O) groups is 3. The van der Waals surface area contributed by atoms with Crippen LogP contribution in [0.4, 0.5) is 0 Å². The molecule has 17 heavy (non-hydrogen) atoms. The summed E-state index contributed by atoms with van der Waals surface area (Å²) in [5.74, 6) is -1.81. The second-order valence-corrected chi connectivity index (χ2v) is 3.31. The summed E-state index contributed by atoms with van der Waals surface area (Å²) in [5, 5.41) is 0. The number of carbonyl (C=O) groups excluding carboxylic acids is 3. The lowest BCUT2D eigenvalue weighted by Gasteiger charge is -2.09. The Kier molecular flexibility index (Phi) is 2.69. The first kappa shape index (κ1) is 11.0. The van der Waals surface area contributed by atoms with Gasteiger partial charge in [0, 0.05) is 12.4 Å². The fourth-order valence-electron chi connectivity index (χ4n) is 1.23. The quantitative estimate of drug-likeness (QED) is 0.627. The van der Waals surface area contributed by atoms with Gasteiger partial charge in [0.25, 0.3) is 11.8 Å². The van der Waals surface area contributed by atoms with Crippen LogP contribution in [0.15, 0.2) is 12.4 Å². The first-order valence-electron chi connectivity index (χ1n) is 4.64. The second kappa shape index (κ2) is 4.16. The van der Waals surface area contributed by atoms with Crippen molar-refractivity contribution in [3.63, 3.8) is 0 Å². The van der Waals surface area contributed by atoms with Gasteiger partial charge in [-0.25, -0.2) is 9.97 Å². The molecule has 1 saturated heterocycles. The SMILES string of the molecule is NC(=O)c1cnc(C(=O)N2COC(=O)C2)nc1. The number of nitrogens with zero attached hydrogens (tertiary/aromatic N) is 3. The number of primary amides is 1. The van der Waals surface area contributed by atoms with Gasteiger partial charge in [0.05, 0.1) is 5.56 Å². The maximum atomic E-state index is 11.7. The van der Waals surface area contributed by atoms with Crippen LogP contribution in [0, 0.1) is 0 Å². The molecule has 8 heteroatoms. The third-order valence-corrected chi connectivity index (χ3v) is 2.12. The Hall–Kier alpha value is -2.51. The lowest BCUT2D eigenvalue weighted by Crippen LogP contribution is -2.30.